The van der Waals surface area contributed by atoms with Crippen LogP contribution in [0.2, 0.25) is 0 Å². The van der Waals surface area contributed by atoms with Crippen molar-refractivity contribution in [2.75, 3.05) is 29.9 Å². The van der Waals surface area contributed by atoms with Crippen LogP contribution in [0.3, 0.4) is 0 Å². The van der Waals surface area contributed by atoms with E-state index in [2.05, 4.69) is 20.9 Å². The van der Waals surface area contributed by atoms with Crippen LogP contribution < -0.4 is 20.9 Å². The van der Waals surface area contributed by atoms with Crippen LogP contribution in [0.25, 0.3) is 0 Å². The zero-order chi connectivity index (χ0) is 24.9. The van der Waals surface area contributed by atoms with Crippen molar-refractivity contribution >= 4 is 35.1 Å². The van der Waals surface area contributed by atoms with Crippen LogP contribution in [0, 0.1) is 17.6 Å². The van der Waals surface area contributed by atoms with Crippen LogP contribution in [0.1, 0.15) is 30.9 Å². The van der Waals surface area contributed by atoms with Crippen molar-refractivity contribution in [3.05, 3.63) is 59.7 Å². The maximum absolute atomic E-state index is 13.7. The van der Waals surface area contributed by atoms with E-state index in [0.717, 1.165) is 37.3 Å². The number of carbonyl (C=O) groups excluding carboxylic acids is 2. The summed E-state index contributed by atoms with van der Waals surface area (Å²) in [5.74, 6) is -3.93. The first kappa shape index (κ1) is 24.1. The summed E-state index contributed by atoms with van der Waals surface area (Å²) in [6.45, 7) is 1.63. The van der Waals surface area contributed by atoms with E-state index < -0.39 is 41.9 Å². The Morgan fingerprint density at radius 1 is 1.20 bits per heavy atom. The first-order valence-corrected chi connectivity index (χ1v) is 11.2. The van der Waals surface area contributed by atoms with Gasteiger partial charge in [0, 0.05) is 43.5 Å². The van der Waals surface area contributed by atoms with Gasteiger partial charge in [-0.05, 0) is 42.3 Å². The molecule has 2 aromatic carbocycles. The number of halogens is 2. The molecule has 2 heterocycles. The normalized spacial score (nSPS) is 18.5. The molecule has 2 amide bonds. The number of hydrogen-bond donors (Lipinski definition) is 4. The maximum atomic E-state index is 13.7. The second kappa shape index (κ2) is 10.5. The molecule has 2 aromatic rings. The third-order valence-electron chi connectivity index (χ3n) is 5.80. The lowest BCUT2D eigenvalue weighted by atomic mass is 10.0. The van der Waals surface area contributed by atoms with Gasteiger partial charge in [0.15, 0.2) is 5.96 Å². The van der Waals surface area contributed by atoms with E-state index in [1.807, 2.05) is 6.07 Å². The summed E-state index contributed by atoms with van der Waals surface area (Å²) in [7, 11) is 0. The predicted octanol–water partition coefficient (Wildman–Crippen LogP) is 2.41. The predicted molar refractivity (Wildman–Crippen MR) is 125 cm³/mol. The maximum Gasteiger partial charge on any atom is 0.305 e. The average Bonchev–Trinajstić information content (AvgIpc) is 3.20. The number of nitrogens with zero attached hydrogens (tertiary/aromatic N) is 2. The molecular weight excluding hydrogens is 460 g/mol. The monoisotopic (exact) mass is 485 g/mol. The zero-order valence-corrected chi connectivity index (χ0v) is 18.8. The van der Waals surface area contributed by atoms with E-state index >= 15 is 0 Å². The smallest absolute Gasteiger partial charge is 0.305 e. The van der Waals surface area contributed by atoms with Crippen molar-refractivity contribution in [3.63, 3.8) is 0 Å². The number of carboxylic acids is 1. The van der Waals surface area contributed by atoms with Crippen molar-refractivity contribution in [1.82, 2.24) is 10.6 Å². The van der Waals surface area contributed by atoms with Crippen molar-refractivity contribution in [2.45, 2.75) is 25.3 Å². The number of carboxylic acid groups (broad SMARTS) is 1. The number of hydrogen-bond acceptors (Lipinski definition) is 6. The van der Waals surface area contributed by atoms with Gasteiger partial charge in [-0.25, -0.2) is 8.78 Å². The highest BCUT2D eigenvalue weighted by atomic mass is 19.1. The van der Waals surface area contributed by atoms with E-state index in [4.69, 9.17) is 0 Å². The van der Waals surface area contributed by atoms with Gasteiger partial charge in [-0.1, -0.05) is 6.07 Å². The van der Waals surface area contributed by atoms with Crippen molar-refractivity contribution < 1.29 is 28.3 Å². The van der Waals surface area contributed by atoms with E-state index in [0.29, 0.717) is 17.7 Å². The highest BCUT2D eigenvalue weighted by Crippen LogP contribution is 2.28. The average molecular weight is 485 g/mol. The van der Waals surface area contributed by atoms with Gasteiger partial charge in [0.1, 0.15) is 11.6 Å². The third kappa shape index (κ3) is 6.11. The quantitative estimate of drug-likeness (QED) is 0.478. The number of guanidine groups is 1. The second-order valence-electron chi connectivity index (χ2n) is 8.45. The molecule has 0 radical (unpaired) electrons. The first-order chi connectivity index (χ1) is 16.8. The van der Waals surface area contributed by atoms with Crippen LogP contribution in [0.5, 0.6) is 0 Å². The minimum Gasteiger partial charge on any atom is -0.481 e. The fourth-order valence-electron chi connectivity index (χ4n) is 4.13. The molecule has 0 spiro atoms. The Morgan fingerprint density at radius 3 is 2.66 bits per heavy atom. The summed E-state index contributed by atoms with van der Waals surface area (Å²) in [4.78, 5) is 42.8. The molecular formula is C24H25F2N5O4. The van der Waals surface area contributed by atoms with Gasteiger partial charge < -0.3 is 26.0 Å². The summed E-state index contributed by atoms with van der Waals surface area (Å²) in [5, 5.41) is 18.1. The molecule has 0 bridgehead atoms. The Hall–Kier alpha value is -4.02. The van der Waals surface area contributed by atoms with E-state index in [-0.39, 0.29) is 24.4 Å². The molecule has 184 valence electrons. The number of benzene rings is 2. The molecule has 0 aliphatic carbocycles. The zero-order valence-electron chi connectivity index (χ0n) is 18.8. The molecule has 9 nitrogen and oxygen atoms in total. The Bertz CT molecular complexity index is 1150. The molecule has 4 rings (SSSR count). The third-order valence-corrected chi connectivity index (χ3v) is 5.80. The molecule has 1 saturated heterocycles. The van der Waals surface area contributed by atoms with Crippen LogP contribution in [0.4, 0.5) is 20.2 Å². The molecule has 1 fully saturated rings. The minimum absolute atomic E-state index is 0.00237. The van der Waals surface area contributed by atoms with Crippen LogP contribution >= 0.6 is 0 Å². The Morgan fingerprint density at radius 2 is 1.97 bits per heavy atom. The molecule has 11 heteroatoms. The molecule has 4 N–H and O–H groups in total. The summed E-state index contributed by atoms with van der Waals surface area (Å²) >= 11 is 0. The Labute approximate surface area is 200 Å². The lowest BCUT2D eigenvalue weighted by Gasteiger charge is -2.21. The number of carbonyl (C=O) groups is 3. The van der Waals surface area contributed by atoms with Crippen LogP contribution in [-0.4, -0.2) is 48.5 Å². The van der Waals surface area contributed by atoms with Gasteiger partial charge in [-0.3, -0.25) is 19.4 Å². The highest BCUT2D eigenvalue weighted by Gasteiger charge is 2.36. The van der Waals surface area contributed by atoms with Crippen molar-refractivity contribution in [1.29, 1.82) is 0 Å². The number of aliphatic carboxylic acids is 1. The molecule has 35 heavy (non-hydrogen) atoms. The van der Waals surface area contributed by atoms with Gasteiger partial charge in [-0.15, -0.1) is 0 Å². The lowest BCUT2D eigenvalue weighted by Crippen LogP contribution is -2.36. The molecule has 2 atom stereocenters. The van der Waals surface area contributed by atoms with Crippen molar-refractivity contribution in [3.8, 4) is 0 Å². The summed E-state index contributed by atoms with van der Waals surface area (Å²) in [6, 6.07) is 8.62. The van der Waals surface area contributed by atoms with Crippen LogP contribution in [0.15, 0.2) is 47.5 Å². The van der Waals surface area contributed by atoms with Gasteiger partial charge >= 0.3 is 5.97 Å². The molecule has 2 aliphatic heterocycles. The fourth-order valence-corrected chi connectivity index (χ4v) is 4.13. The van der Waals surface area contributed by atoms with Gasteiger partial charge in [0.05, 0.1) is 18.4 Å². The standard InChI is InChI=1S/C24H25F2N5O4/c25-16-7-14(8-17(26)10-16)20(12-22(33)34)30-23(35)15-9-21(32)31(13-15)19-4-1-3-18(11-19)29-24-27-5-2-6-28-24/h1,3-4,7-8,10-11,15,20H,2,5-6,9,12-13H2,(H,30,35)(H,33,34)(H2,27,28,29). The van der Waals surface area contributed by atoms with E-state index in [9.17, 15) is 28.3 Å². The Kier molecular flexibility index (Phi) is 7.23. The molecule has 2 aliphatic rings. The first-order valence-electron chi connectivity index (χ1n) is 11.2. The molecule has 0 saturated carbocycles. The molecule has 2 unspecified atom stereocenters. The van der Waals surface area contributed by atoms with E-state index in [1.54, 1.807) is 18.2 Å². The SMILES string of the molecule is O=C(O)CC(NC(=O)C1CC(=O)N(c2cccc(NC3=NCCCN3)c2)C1)c1cc(F)cc(F)c1. The number of anilines is 2. The number of nitrogens with one attached hydrogen (secondary N) is 3. The van der Waals surface area contributed by atoms with Crippen molar-refractivity contribution in [2.24, 2.45) is 10.9 Å². The minimum atomic E-state index is -1.24. The fraction of sp³-hybridized carbons (Fsp3) is 0.333. The lowest BCUT2D eigenvalue weighted by molar-refractivity contribution is -0.138. The summed E-state index contributed by atoms with van der Waals surface area (Å²) in [6.07, 6.45) is 0.318. The van der Waals surface area contributed by atoms with Gasteiger partial charge in [0.25, 0.3) is 0 Å². The number of rotatable bonds is 7. The second-order valence-corrected chi connectivity index (χ2v) is 8.45. The Balaban J connectivity index is 1.45. The topological polar surface area (TPSA) is 123 Å². The van der Waals surface area contributed by atoms with Crippen LogP contribution in [-0.2, 0) is 14.4 Å². The van der Waals surface area contributed by atoms with E-state index in [1.165, 1.54) is 4.90 Å². The number of aliphatic imine (C=N–C) groups is 1. The summed E-state index contributed by atoms with van der Waals surface area (Å²) < 4.78 is 27.3. The van der Waals surface area contributed by atoms with Gasteiger partial charge in [-0.2, -0.15) is 0 Å². The number of amides is 2. The molecule has 0 aromatic heterocycles. The highest BCUT2D eigenvalue weighted by molar-refractivity contribution is 6.01. The van der Waals surface area contributed by atoms with Gasteiger partial charge in [0.2, 0.25) is 11.8 Å². The summed E-state index contributed by atoms with van der Waals surface area (Å²) in [5.41, 5.74) is 1.32. The largest absolute Gasteiger partial charge is 0.481 e.